The lowest BCUT2D eigenvalue weighted by Gasteiger charge is -2.05. The van der Waals surface area contributed by atoms with E-state index in [0.29, 0.717) is 11.4 Å². The summed E-state index contributed by atoms with van der Waals surface area (Å²) >= 11 is 1.33. The normalized spacial score (nSPS) is 11.2. The number of carbonyl (C=O) groups excluding carboxylic acids is 1. The number of rotatable bonds is 4. The minimum absolute atomic E-state index is 0.140. The van der Waals surface area contributed by atoms with Crippen molar-refractivity contribution in [2.75, 3.05) is 12.4 Å². The Hall–Kier alpha value is -1.77. The number of aromatic nitrogens is 1. The van der Waals surface area contributed by atoms with E-state index in [9.17, 15) is 13.2 Å². The number of hydrogen-bond donors (Lipinski definition) is 2. The summed E-state index contributed by atoms with van der Waals surface area (Å²) in [5.74, 6) is -0.328. The summed E-state index contributed by atoms with van der Waals surface area (Å²) in [4.78, 5) is 15.7. The molecule has 0 saturated carbocycles. The fraction of sp³-hybridized carbons (Fsp3) is 0.0909. The highest BCUT2D eigenvalue weighted by molar-refractivity contribution is 7.89. The molecule has 19 heavy (non-hydrogen) atoms. The van der Waals surface area contributed by atoms with Crippen molar-refractivity contribution >= 4 is 33.0 Å². The predicted octanol–water partition coefficient (Wildman–Crippen LogP) is 1.30. The van der Waals surface area contributed by atoms with Gasteiger partial charge in [0.25, 0.3) is 5.91 Å². The molecule has 0 fully saturated rings. The zero-order valence-electron chi connectivity index (χ0n) is 9.95. The van der Waals surface area contributed by atoms with E-state index < -0.39 is 10.0 Å². The standard InChI is InChI=1S/C11H11N3O3S2/c1-12-19(16,17)9-4-2-8(3-5-9)14-11(15)10-6-18-7-13-10/h2-7,12H,1H3,(H,14,15). The molecule has 0 radical (unpaired) electrons. The zero-order valence-corrected chi connectivity index (χ0v) is 11.6. The van der Waals surface area contributed by atoms with Crippen LogP contribution in [0.15, 0.2) is 40.1 Å². The van der Waals surface area contributed by atoms with Gasteiger partial charge in [-0.2, -0.15) is 0 Å². The van der Waals surface area contributed by atoms with Gasteiger partial charge >= 0.3 is 0 Å². The highest BCUT2D eigenvalue weighted by atomic mass is 32.2. The largest absolute Gasteiger partial charge is 0.321 e. The molecule has 0 bridgehead atoms. The number of nitrogens with one attached hydrogen (secondary N) is 2. The fourth-order valence-corrected chi connectivity index (χ4v) is 2.62. The van der Waals surface area contributed by atoms with Gasteiger partial charge in [-0.25, -0.2) is 18.1 Å². The second-order valence-corrected chi connectivity index (χ2v) is 6.16. The number of benzene rings is 1. The van der Waals surface area contributed by atoms with Crippen LogP contribution in [0.3, 0.4) is 0 Å². The first-order valence-electron chi connectivity index (χ1n) is 5.26. The topological polar surface area (TPSA) is 88.2 Å². The molecule has 0 spiro atoms. The fourth-order valence-electron chi connectivity index (χ4n) is 1.36. The Morgan fingerprint density at radius 3 is 2.47 bits per heavy atom. The minimum Gasteiger partial charge on any atom is -0.321 e. The van der Waals surface area contributed by atoms with Crippen LogP contribution in [-0.2, 0) is 10.0 Å². The maximum Gasteiger partial charge on any atom is 0.275 e. The highest BCUT2D eigenvalue weighted by Crippen LogP contribution is 2.14. The number of thiazole rings is 1. The molecule has 100 valence electrons. The van der Waals surface area contributed by atoms with E-state index in [0.717, 1.165) is 0 Å². The average molecular weight is 297 g/mol. The summed E-state index contributed by atoms with van der Waals surface area (Å²) in [5.41, 5.74) is 2.40. The third-order valence-electron chi connectivity index (χ3n) is 2.36. The van der Waals surface area contributed by atoms with Gasteiger partial charge in [0.15, 0.2) is 0 Å². The van der Waals surface area contributed by atoms with Crippen molar-refractivity contribution in [1.82, 2.24) is 9.71 Å². The summed E-state index contributed by atoms with van der Waals surface area (Å²) < 4.78 is 25.2. The van der Waals surface area contributed by atoms with Crippen molar-refractivity contribution in [3.63, 3.8) is 0 Å². The first-order chi connectivity index (χ1) is 9.03. The van der Waals surface area contributed by atoms with Crippen LogP contribution in [0.25, 0.3) is 0 Å². The molecule has 1 aromatic carbocycles. The molecule has 0 aliphatic heterocycles. The lowest BCUT2D eigenvalue weighted by atomic mass is 10.3. The van der Waals surface area contributed by atoms with E-state index in [1.54, 1.807) is 10.9 Å². The van der Waals surface area contributed by atoms with E-state index in [4.69, 9.17) is 0 Å². The van der Waals surface area contributed by atoms with E-state index in [2.05, 4.69) is 15.0 Å². The number of carbonyl (C=O) groups is 1. The SMILES string of the molecule is CNS(=O)(=O)c1ccc(NC(=O)c2cscn2)cc1. The number of nitrogens with zero attached hydrogens (tertiary/aromatic N) is 1. The molecule has 8 heteroatoms. The van der Waals surface area contributed by atoms with Gasteiger partial charge in [0.1, 0.15) is 5.69 Å². The van der Waals surface area contributed by atoms with E-state index in [-0.39, 0.29) is 10.8 Å². The van der Waals surface area contributed by atoms with Gasteiger partial charge in [-0.1, -0.05) is 0 Å². The monoisotopic (exact) mass is 297 g/mol. The molecule has 2 rings (SSSR count). The van der Waals surface area contributed by atoms with E-state index in [1.165, 1.54) is 42.6 Å². The van der Waals surface area contributed by atoms with Crippen LogP contribution in [0.4, 0.5) is 5.69 Å². The van der Waals surface area contributed by atoms with Crippen LogP contribution in [0.2, 0.25) is 0 Å². The smallest absolute Gasteiger partial charge is 0.275 e. The molecule has 2 N–H and O–H groups in total. The average Bonchev–Trinajstić information content (AvgIpc) is 2.93. The molecule has 0 aliphatic carbocycles. The number of amides is 1. The van der Waals surface area contributed by atoms with Crippen LogP contribution in [0.1, 0.15) is 10.5 Å². The Balaban J connectivity index is 2.14. The lowest BCUT2D eigenvalue weighted by Crippen LogP contribution is -2.18. The maximum atomic E-state index is 11.7. The second kappa shape index (κ2) is 5.47. The van der Waals surface area contributed by atoms with Crippen molar-refractivity contribution in [2.45, 2.75) is 4.90 Å². The quantitative estimate of drug-likeness (QED) is 0.890. The molecule has 2 aromatic rings. The van der Waals surface area contributed by atoms with Crippen molar-refractivity contribution in [2.24, 2.45) is 0 Å². The number of anilines is 1. The van der Waals surface area contributed by atoms with Gasteiger partial charge in [-0.3, -0.25) is 4.79 Å². The van der Waals surface area contributed by atoms with Gasteiger partial charge in [0.05, 0.1) is 10.4 Å². The summed E-state index contributed by atoms with van der Waals surface area (Å²) in [5, 5.41) is 4.27. The predicted molar refractivity (Wildman–Crippen MR) is 72.8 cm³/mol. The van der Waals surface area contributed by atoms with Gasteiger partial charge < -0.3 is 5.32 Å². The molecule has 0 unspecified atom stereocenters. The first-order valence-corrected chi connectivity index (χ1v) is 7.68. The molecule has 1 aromatic heterocycles. The molecular weight excluding hydrogens is 286 g/mol. The van der Waals surface area contributed by atoms with Crippen LogP contribution in [0, 0.1) is 0 Å². The number of sulfonamides is 1. The van der Waals surface area contributed by atoms with E-state index >= 15 is 0 Å². The van der Waals surface area contributed by atoms with Crippen LogP contribution in [0.5, 0.6) is 0 Å². The molecule has 6 nitrogen and oxygen atoms in total. The van der Waals surface area contributed by atoms with Crippen LogP contribution in [-0.4, -0.2) is 26.4 Å². The Kier molecular flexibility index (Phi) is 3.93. The van der Waals surface area contributed by atoms with Gasteiger partial charge in [-0.15, -0.1) is 11.3 Å². The molecule has 0 atom stereocenters. The maximum absolute atomic E-state index is 11.7. The Morgan fingerprint density at radius 1 is 1.26 bits per heavy atom. The molecule has 0 aliphatic rings. The number of hydrogen-bond acceptors (Lipinski definition) is 5. The van der Waals surface area contributed by atoms with Crippen molar-refractivity contribution in [1.29, 1.82) is 0 Å². The Morgan fingerprint density at radius 2 is 1.95 bits per heavy atom. The van der Waals surface area contributed by atoms with Crippen molar-refractivity contribution in [3.05, 3.63) is 40.8 Å². The van der Waals surface area contributed by atoms with Crippen LogP contribution >= 0.6 is 11.3 Å². The lowest BCUT2D eigenvalue weighted by molar-refractivity contribution is 0.102. The molecule has 0 saturated heterocycles. The van der Waals surface area contributed by atoms with Crippen molar-refractivity contribution in [3.8, 4) is 0 Å². The third kappa shape index (κ3) is 3.16. The summed E-state index contributed by atoms with van der Waals surface area (Å²) in [6, 6.07) is 5.88. The second-order valence-electron chi connectivity index (χ2n) is 3.56. The molecule has 1 amide bonds. The van der Waals surface area contributed by atoms with Gasteiger partial charge in [-0.05, 0) is 31.3 Å². The highest BCUT2D eigenvalue weighted by Gasteiger charge is 2.12. The van der Waals surface area contributed by atoms with E-state index in [1.807, 2.05) is 0 Å². The van der Waals surface area contributed by atoms with Crippen molar-refractivity contribution < 1.29 is 13.2 Å². The Bertz CT molecular complexity index is 664. The minimum atomic E-state index is -3.46. The first kappa shape index (κ1) is 13.7. The molecule has 1 heterocycles. The van der Waals surface area contributed by atoms with Crippen LogP contribution < -0.4 is 10.0 Å². The summed E-state index contributed by atoms with van der Waals surface area (Å²) in [6.45, 7) is 0. The zero-order chi connectivity index (χ0) is 13.9. The molecular formula is C11H11N3O3S2. The Labute approximate surface area is 114 Å². The van der Waals surface area contributed by atoms with Gasteiger partial charge in [0, 0.05) is 11.1 Å². The third-order valence-corrected chi connectivity index (χ3v) is 4.37. The summed E-state index contributed by atoms with van der Waals surface area (Å²) in [7, 11) is -2.12. The van der Waals surface area contributed by atoms with Gasteiger partial charge in [0.2, 0.25) is 10.0 Å². The summed E-state index contributed by atoms with van der Waals surface area (Å²) in [6.07, 6.45) is 0.